The largest absolute Gasteiger partial charge is 0.490 e. The number of carbonyl (C=O) groups is 1. The minimum atomic E-state index is -0.156. The number of ether oxygens (including phenoxy) is 2. The highest BCUT2D eigenvalue weighted by atomic mass is 35.5. The number of hydrogen-bond acceptors (Lipinski definition) is 4. The quantitative estimate of drug-likeness (QED) is 0.731. The zero-order chi connectivity index (χ0) is 18.2. The lowest BCUT2D eigenvalue weighted by Gasteiger charge is -2.17. The number of halogens is 1. The molecule has 2 aromatic carbocycles. The molecule has 0 bridgehead atoms. The molecule has 142 valence electrons. The van der Waals surface area contributed by atoms with E-state index in [1.54, 1.807) is 12.1 Å². The van der Waals surface area contributed by atoms with E-state index in [-0.39, 0.29) is 24.4 Å². The Hall–Kier alpha value is -2.24. The predicted octanol–water partition coefficient (Wildman–Crippen LogP) is 3.86. The summed E-state index contributed by atoms with van der Waals surface area (Å²) in [7, 11) is 0. The van der Waals surface area contributed by atoms with Crippen LogP contribution in [0.2, 0.25) is 0 Å². The summed E-state index contributed by atoms with van der Waals surface area (Å²) in [5.74, 6) is 1.28. The molecule has 0 heterocycles. The smallest absolute Gasteiger partial charge is 0.251 e. The number of carbonyl (C=O) groups excluding carboxylic acids is 1. The fraction of sp³-hybridized carbons (Fsp3) is 0.350. The van der Waals surface area contributed by atoms with Crippen molar-refractivity contribution < 1.29 is 14.3 Å². The number of benzene rings is 2. The number of amides is 1. The third-order valence-electron chi connectivity index (χ3n) is 3.87. The van der Waals surface area contributed by atoms with Crippen LogP contribution >= 0.6 is 12.4 Å². The van der Waals surface area contributed by atoms with Crippen molar-refractivity contribution in [3.63, 3.8) is 0 Å². The molecule has 2 aromatic rings. The molecule has 5 nitrogen and oxygen atoms in total. The van der Waals surface area contributed by atoms with Gasteiger partial charge in [-0.25, -0.2) is 0 Å². The number of hydrogen-bond donors (Lipinski definition) is 2. The van der Waals surface area contributed by atoms with Gasteiger partial charge in [0.2, 0.25) is 0 Å². The van der Waals surface area contributed by atoms with Crippen molar-refractivity contribution in [2.24, 2.45) is 5.73 Å². The van der Waals surface area contributed by atoms with E-state index in [0.29, 0.717) is 36.8 Å². The third kappa shape index (κ3) is 5.64. The molecule has 0 aliphatic heterocycles. The molecule has 0 aliphatic rings. The highest BCUT2D eigenvalue weighted by molar-refractivity contribution is 5.94. The number of nitrogens with two attached hydrogens (primary N) is 1. The SMILES string of the molecule is CCOc1ccc(C(C)NC(=O)c2ccc(CN)cc2)cc1OCC.Cl. The first-order valence-corrected chi connectivity index (χ1v) is 8.58. The van der Waals surface area contributed by atoms with E-state index >= 15 is 0 Å². The van der Waals surface area contributed by atoms with Gasteiger partial charge in [-0.1, -0.05) is 18.2 Å². The molecule has 0 radical (unpaired) electrons. The van der Waals surface area contributed by atoms with Gasteiger partial charge in [0.25, 0.3) is 5.91 Å². The molecule has 2 rings (SSSR count). The van der Waals surface area contributed by atoms with Gasteiger partial charge in [-0.3, -0.25) is 4.79 Å². The Morgan fingerprint density at radius 2 is 1.65 bits per heavy atom. The van der Waals surface area contributed by atoms with Crippen LogP contribution in [0.1, 0.15) is 48.3 Å². The van der Waals surface area contributed by atoms with Crippen LogP contribution in [-0.4, -0.2) is 19.1 Å². The zero-order valence-corrected chi connectivity index (χ0v) is 16.3. The standard InChI is InChI=1S/C20H26N2O3.ClH/c1-4-24-18-11-10-17(12-19(18)25-5-2)14(3)22-20(23)16-8-6-15(13-21)7-9-16;/h6-12,14H,4-5,13,21H2,1-3H3,(H,22,23);1H. The van der Waals surface area contributed by atoms with Crippen LogP contribution in [0.25, 0.3) is 0 Å². The molecule has 1 atom stereocenters. The van der Waals surface area contributed by atoms with E-state index in [2.05, 4.69) is 5.32 Å². The second-order valence-corrected chi connectivity index (χ2v) is 5.67. The fourth-order valence-electron chi connectivity index (χ4n) is 2.49. The van der Waals surface area contributed by atoms with Gasteiger partial charge >= 0.3 is 0 Å². The maximum Gasteiger partial charge on any atom is 0.251 e. The molecule has 0 saturated carbocycles. The molecule has 0 fully saturated rings. The molecule has 0 aliphatic carbocycles. The summed E-state index contributed by atoms with van der Waals surface area (Å²) in [6.45, 7) is 7.39. The van der Waals surface area contributed by atoms with Crippen LogP contribution < -0.4 is 20.5 Å². The Morgan fingerprint density at radius 1 is 1.04 bits per heavy atom. The molecule has 1 unspecified atom stereocenters. The van der Waals surface area contributed by atoms with E-state index in [0.717, 1.165) is 11.1 Å². The highest BCUT2D eigenvalue weighted by Crippen LogP contribution is 2.30. The van der Waals surface area contributed by atoms with Gasteiger partial charge in [0, 0.05) is 12.1 Å². The Morgan fingerprint density at radius 3 is 2.23 bits per heavy atom. The Bertz CT molecular complexity index is 705. The third-order valence-corrected chi connectivity index (χ3v) is 3.87. The van der Waals surface area contributed by atoms with E-state index < -0.39 is 0 Å². The Labute approximate surface area is 161 Å². The van der Waals surface area contributed by atoms with Gasteiger partial charge < -0.3 is 20.5 Å². The predicted molar refractivity (Wildman–Crippen MR) is 106 cm³/mol. The van der Waals surface area contributed by atoms with Crippen molar-refractivity contribution in [3.05, 3.63) is 59.2 Å². The minimum absolute atomic E-state index is 0. The molecule has 1 amide bonds. The molecular formula is C20H27ClN2O3. The van der Waals surface area contributed by atoms with Crippen LogP contribution in [0.3, 0.4) is 0 Å². The van der Waals surface area contributed by atoms with Crippen LogP contribution in [-0.2, 0) is 6.54 Å². The molecule has 0 spiro atoms. The zero-order valence-electron chi connectivity index (χ0n) is 15.5. The second-order valence-electron chi connectivity index (χ2n) is 5.67. The van der Waals surface area contributed by atoms with E-state index in [1.807, 2.05) is 51.1 Å². The lowest BCUT2D eigenvalue weighted by Crippen LogP contribution is -2.26. The van der Waals surface area contributed by atoms with Crippen LogP contribution in [0.4, 0.5) is 0 Å². The summed E-state index contributed by atoms with van der Waals surface area (Å²) in [4.78, 5) is 12.4. The summed E-state index contributed by atoms with van der Waals surface area (Å²) in [6, 6.07) is 12.9. The van der Waals surface area contributed by atoms with Crippen molar-refractivity contribution in [1.29, 1.82) is 0 Å². The molecule has 0 saturated heterocycles. The normalized spacial score (nSPS) is 11.2. The van der Waals surface area contributed by atoms with Crippen molar-refractivity contribution in [2.45, 2.75) is 33.4 Å². The Kier molecular flexibility index (Phi) is 8.96. The first-order chi connectivity index (χ1) is 12.1. The van der Waals surface area contributed by atoms with E-state index in [4.69, 9.17) is 15.2 Å². The maximum absolute atomic E-state index is 12.4. The topological polar surface area (TPSA) is 73.6 Å². The average molecular weight is 379 g/mol. The van der Waals surface area contributed by atoms with Crippen LogP contribution in [0, 0.1) is 0 Å². The lowest BCUT2D eigenvalue weighted by atomic mass is 10.1. The van der Waals surface area contributed by atoms with Crippen molar-refractivity contribution in [3.8, 4) is 11.5 Å². The molecule has 3 N–H and O–H groups in total. The molecule has 6 heteroatoms. The summed E-state index contributed by atoms with van der Waals surface area (Å²) >= 11 is 0. The molecule has 26 heavy (non-hydrogen) atoms. The van der Waals surface area contributed by atoms with Gasteiger partial charge in [-0.05, 0) is 56.2 Å². The average Bonchev–Trinajstić information content (AvgIpc) is 2.63. The van der Waals surface area contributed by atoms with Crippen molar-refractivity contribution in [2.75, 3.05) is 13.2 Å². The van der Waals surface area contributed by atoms with Gasteiger partial charge in [-0.15, -0.1) is 12.4 Å². The number of nitrogens with one attached hydrogen (secondary N) is 1. The van der Waals surface area contributed by atoms with Gasteiger partial charge in [0.1, 0.15) is 0 Å². The first-order valence-electron chi connectivity index (χ1n) is 8.58. The number of rotatable bonds is 8. The van der Waals surface area contributed by atoms with Gasteiger partial charge in [0.05, 0.1) is 19.3 Å². The maximum atomic E-state index is 12.4. The minimum Gasteiger partial charge on any atom is -0.490 e. The lowest BCUT2D eigenvalue weighted by molar-refractivity contribution is 0.0940. The van der Waals surface area contributed by atoms with E-state index in [1.165, 1.54) is 0 Å². The van der Waals surface area contributed by atoms with Gasteiger partial charge in [-0.2, -0.15) is 0 Å². The Balaban J connectivity index is 0.00000338. The molecular weight excluding hydrogens is 352 g/mol. The fourth-order valence-corrected chi connectivity index (χ4v) is 2.49. The summed E-state index contributed by atoms with van der Waals surface area (Å²) in [5.41, 5.74) is 8.15. The summed E-state index contributed by atoms with van der Waals surface area (Å²) in [5, 5.41) is 3.00. The molecule has 0 aromatic heterocycles. The van der Waals surface area contributed by atoms with Crippen LogP contribution in [0.15, 0.2) is 42.5 Å². The first kappa shape index (κ1) is 21.8. The van der Waals surface area contributed by atoms with Crippen LogP contribution in [0.5, 0.6) is 11.5 Å². The monoisotopic (exact) mass is 378 g/mol. The second kappa shape index (κ2) is 10.7. The van der Waals surface area contributed by atoms with Crippen molar-refractivity contribution in [1.82, 2.24) is 5.32 Å². The highest BCUT2D eigenvalue weighted by Gasteiger charge is 2.14. The summed E-state index contributed by atoms with van der Waals surface area (Å²) < 4.78 is 11.2. The van der Waals surface area contributed by atoms with Crippen molar-refractivity contribution >= 4 is 18.3 Å². The van der Waals surface area contributed by atoms with E-state index in [9.17, 15) is 4.79 Å². The summed E-state index contributed by atoms with van der Waals surface area (Å²) in [6.07, 6.45) is 0. The van der Waals surface area contributed by atoms with Gasteiger partial charge in [0.15, 0.2) is 11.5 Å².